The summed E-state index contributed by atoms with van der Waals surface area (Å²) in [6, 6.07) is 20.0. The molecular weight excluding hydrogens is 454 g/mol. The number of anilines is 1. The van der Waals surface area contributed by atoms with Crippen molar-refractivity contribution >= 4 is 22.5 Å². The third kappa shape index (κ3) is 4.50. The Morgan fingerprint density at radius 2 is 1.56 bits per heavy atom. The molecule has 5 rings (SSSR count). The van der Waals surface area contributed by atoms with Crippen molar-refractivity contribution in [2.45, 2.75) is 32.7 Å². The number of fused-ring (bicyclic) bond motifs is 1. The first-order valence-corrected chi connectivity index (χ1v) is 11.5. The summed E-state index contributed by atoms with van der Waals surface area (Å²) in [5.41, 5.74) is 1.27. The number of benzene rings is 2. The van der Waals surface area contributed by atoms with Crippen LogP contribution < -0.4 is 10.9 Å². The van der Waals surface area contributed by atoms with E-state index in [2.05, 4.69) is 25.5 Å². The van der Waals surface area contributed by atoms with Crippen molar-refractivity contribution in [1.29, 1.82) is 0 Å². The van der Waals surface area contributed by atoms with Crippen LogP contribution in [0.25, 0.3) is 16.7 Å². The third-order valence-electron chi connectivity index (χ3n) is 5.72. The van der Waals surface area contributed by atoms with E-state index >= 15 is 0 Å². The van der Waals surface area contributed by atoms with E-state index < -0.39 is 5.91 Å². The van der Waals surface area contributed by atoms with Gasteiger partial charge in [-0.2, -0.15) is 14.9 Å². The van der Waals surface area contributed by atoms with Crippen LogP contribution in [0.4, 0.5) is 5.82 Å². The smallest absolute Gasteiger partial charge is 0.277 e. The van der Waals surface area contributed by atoms with Crippen LogP contribution in [0.5, 0.6) is 0 Å². The Balaban J connectivity index is 1.59. The summed E-state index contributed by atoms with van der Waals surface area (Å²) in [5.74, 6) is 0.267. The Labute approximate surface area is 207 Å². The minimum absolute atomic E-state index is 0.139. The Bertz CT molecular complexity index is 1600. The van der Waals surface area contributed by atoms with Crippen molar-refractivity contribution in [1.82, 2.24) is 29.5 Å². The molecule has 0 radical (unpaired) electrons. The molecule has 0 spiro atoms. The van der Waals surface area contributed by atoms with Crippen LogP contribution >= 0.6 is 0 Å². The lowest BCUT2D eigenvalue weighted by Gasteiger charge is -2.13. The van der Waals surface area contributed by atoms with Gasteiger partial charge in [0.2, 0.25) is 0 Å². The monoisotopic (exact) mass is 479 g/mol. The lowest BCUT2D eigenvalue weighted by molar-refractivity contribution is 0.102. The number of nitrogens with one attached hydrogen (secondary N) is 1. The molecule has 0 saturated carbocycles. The van der Waals surface area contributed by atoms with Gasteiger partial charge < -0.3 is 5.32 Å². The van der Waals surface area contributed by atoms with Gasteiger partial charge >= 0.3 is 0 Å². The highest BCUT2D eigenvalue weighted by molar-refractivity contribution is 6.10. The lowest BCUT2D eigenvalue weighted by atomic mass is 9.92. The maximum Gasteiger partial charge on any atom is 0.277 e. The van der Waals surface area contributed by atoms with Crippen LogP contribution in [-0.2, 0) is 12.0 Å². The van der Waals surface area contributed by atoms with Crippen molar-refractivity contribution in [3.05, 3.63) is 106 Å². The molecule has 0 unspecified atom stereocenters. The molecule has 1 N–H and O–H groups in total. The molecule has 180 valence electrons. The van der Waals surface area contributed by atoms with Crippen LogP contribution in [0.3, 0.4) is 0 Å². The van der Waals surface area contributed by atoms with E-state index in [1.807, 2.05) is 51.1 Å². The molecule has 0 saturated heterocycles. The molecule has 0 aliphatic heterocycles. The molecule has 36 heavy (non-hydrogen) atoms. The molecule has 0 aliphatic rings. The molecule has 0 fully saturated rings. The highest BCUT2D eigenvalue weighted by Gasteiger charge is 2.24. The van der Waals surface area contributed by atoms with Crippen LogP contribution in [0.15, 0.2) is 83.9 Å². The van der Waals surface area contributed by atoms with E-state index in [1.165, 1.54) is 9.36 Å². The van der Waals surface area contributed by atoms with Gasteiger partial charge in [0, 0.05) is 29.3 Å². The van der Waals surface area contributed by atoms with Crippen LogP contribution in [-0.4, -0.2) is 35.4 Å². The number of amides is 1. The number of aromatic nitrogens is 6. The molecule has 3 heterocycles. The zero-order valence-electron chi connectivity index (χ0n) is 20.2. The van der Waals surface area contributed by atoms with Gasteiger partial charge in [-0.25, -0.2) is 14.6 Å². The fourth-order valence-corrected chi connectivity index (χ4v) is 3.83. The van der Waals surface area contributed by atoms with Crippen LogP contribution in [0.2, 0.25) is 0 Å². The second-order valence-electron chi connectivity index (χ2n) is 9.42. The molecule has 0 aliphatic carbocycles. The van der Waals surface area contributed by atoms with Gasteiger partial charge in [0.25, 0.3) is 17.4 Å². The predicted octanol–water partition coefficient (Wildman–Crippen LogP) is 3.97. The second-order valence-corrected chi connectivity index (χ2v) is 9.42. The number of carbonyl (C=O) groups excluding carboxylic acids is 1. The molecule has 5 aromatic rings. The first-order valence-electron chi connectivity index (χ1n) is 11.5. The van der Waals surface area contributed by atoms with Gasteiger partial charge in [0.1, 0.15) is 5.82 Å². The van der Waals surface area contributed by atoms with Crippen molar-refractivity contribution < 1.29 is 4.79 Å². The average molecular weight is 480 g/mol. The van der Waals surface area contributed by atoms with Crippen molar-refractivity contribution in [3.8, 4) is 5.95 Å². The molecule has 0 atom stereocenters. The Morgan fingerprint density at radius 3 is 2.25 bits per heavy atom. The predicted molar refractivity (Wildman–Crippen MR) is 137 cm³/mol. The topological polar surface area (TPSA) is 108 Å². The SMILES string of the molecule is CC(C)(C)c1cc(NC(=O)c2nn(Cc3ccccc3)c(=O)c3ccccc23)n(-c2ncccn2)n1. The highest BCUT2D eigenvalue weighted by atomic mass is 16.2. The van der Waals surface area contributed by atoms with E-state index in [0.717, 1.165) is 11.3 Å². The summed E-state index contributed by atoms with van der Waals surface area (Å²) in [5, 5.41) is 12.9. The Morgan fingerprint density at radius 1 is 0.889 bits per heavy atom. The first-order chi connectivity index (χ1) is 17.3. The summed E-state index contributed by atoms with van der Waals surface area (Å²) in [6.07, 6.45) is 3.22. The summed E-state index contributed by atoms with van der Waals surface area (Å²) < 4.78 is 2.82. The Hall–Kier alpha value is -4.66. The molecule has 3 aromatic heterocycles. The maximum atomic E-state index is 13.6. The third-order valence-corrected chi connectivity index (χ3v) is 5.72. The summed E-state index contributed by atoms with van der Waals surface area (Å²) in [6.45, 7) is 6.34. The van der Waals surface area contributed by atoms with Gasteiger partial charge in [0.15, 0.2) is 5.69 Å². The van der Waals surface area contributed by atoms with E-state index in [1.54, 1.807) is 48.8 Å². The Kier molecular flexibility index (Phi) is 5.89. The zero-order chi connectivity index (χ0) is 25.3. The van der Waals surface area contributed by atoms with Crippen LogP contribution in [0, 0.1) is 0 Å². The quantitative estimate of drug-likeness (QED) is 0.409. The summed E-state index contributed by atoms with van der Waals surface area (Å²) in [4.78, 5) is 35.3. The van der Waals surface area contributed by atoms with Gasteiger partial charge in [0.05, 0.1) is 17.6 Å². The van der Waals surface area contributed by atoms with E-state index in [9.17, 15) is 9.59 Å². The minimum Gasteiger partial charge on any atom is -0.305 e. The standard InChI is InChI=1S/C27H25N7O2/c1-27(2,3)21-16-22(34(31-21)26-28-14-9-15-29-26)30-24(35)23-19-12-7-8-13-20(19)25(36)33(32-23)17-18-10-5-4-6-11-18/h4-16H,17H2,1-3H3,(H,30,35). The summed E-state index contributed by atoms with van der Waals surface area (Å²) in [7, 11) is 0. The molecule has 1 amide bonds. The van der Waals surface area contributed by atoms with Gasteiger partial charge in [-0.1, -0.05) is 69.3 Å². The van der Waals surface area contributed by atoms with Crippen LogP contribution in [0.1, 0.15) is 42.5 Å². The van der Waals surface area contributed by atoms with Crippen molar-refractivity contribution in [2.75, 3.05) is 5.32 Å². The average Bonchev–Trinajstić information content (AvgIpc) is 3.31. The largest absolute Gasteiger partial charge is 0.305 e. The molecule has 0 bridgehead atoms. The second kappa shape index (κ2) is 9.18. The van der Waals surface area contributed by atoms with Gasteiger partial charge in [-0.15, -0.1) is 0 Å². The number of carbonyl (C=O) groups is 1. The molecule has 2 aromatic carbocycles. The van der Waals surface area contributed by atoms with Crippen molar-refractivity contribution in [2.24, 2.45) is 0 Å². The fraction of sp³-hybridized carbons (Fsp3) is 0.185. The normalized spacial score (nSPS) is 11.5. The first kappa shape index (κ1) is 23.1. The van der Waals surface area contributed by atoms with Gasteiger partial charge in [-0.05, 0) is 17.7 Å². The van der Waals surface area contributed by atoms with E-state index in [0.29, 0.717) is 22.5 Å². The highest BCUT2D eigenvalue weighted by Crippen LogP contribution is 2.26. The number of rotatable bonds is 5. The maximum absolute atomic E-state index is 13.6. The zero-order valence-corrected chi connectivity index (χ0v) is 20.2. The lowest BCUT2D eigenvalue weighted by Crippen LogP contribution is -2.28. The molecule has 9 nitrogen and oxygen atoms in total. The molecule has 9 heteroatoms. The number of nitrogens with zero attached hydrogens (tertiary/aromatic N) is 6. The summed E-state index contributed by atoms with van der Waals surface area (Å²) >= 11 is 0. The van der Waals surface area contributed by atoms with Crippen molar-refractivity contribution in [3.63, 3.8) is 0 Å². The van der Waals surface area contributed by atoms with E-state index in [-0.39, 0.29) is 23.2 Å². The number of hydrogen-bond donors (Lipinski definition) is 1. The molecular formula is C27H25N7O2. The van der Waals surface area contributed by atoms with Gasteiger partial charge in [-0.3, -0.25) is 9.59 Å². The number of hydrogen-bond acceptors (Lipinski definition) is 6. The van der Waals surface area contributed by atoms with E-state index in [4.69, 9.17) is 0 Å². The minimum atomic E-state index is -0.467. The fourth-order valence-electron chi connectivity index (χ4n) is 3.83.